The Morgan fingerprint density at radius 3 is 2.74 bits per heavy atom. The smallest absolute Gasteiger partial charge is 0.223 e. The number of benzene rings is 1. The first-order chi connectivity index (χ1) is 20.5. The van der Waals surface area contributed by atoms with Crippen LogP contribution in [0.1, 0.15) is 55.1 Å². The fraction of sp³-hybridized carbons (Fsp3) is 0.484. The van der Waals surface area contributed by atoms with Crippen molar-refractivity contribution in [3.05, 3.63) is 59.3 Å². The number of piperidine rings is 1. The molecule has 0 aliphatic carbocycles. The summed E-state index contributed by atoms with van der Waals surface area (Å²) in [5, 5.41) is 19.6. The minimum absolute atomic E-state index is 0.0815. The normalized spacial score (nSPS) is 20.3. The van der Waals surface area contributed by atoms with Crippen molar-refractivity contribution in [2.45, 2.75) is 44.7 Å². The molecule has 1 amide bonds. The Balaban J connectivity index is 1.06. The van der Waals surface area contributed by atoms with Crippen LogP contribution < -0.4 is 4.90 Å². The number of rotatable bonds is 5. The van der Waals surface area contributed by atoms with Crippen LogP contribution in [-0.4, -0.2) is 87.6 Å². The van der Waals surface area contributed by atoms with Gasteiger partial charge in [0, 0.05) is 51.1 Å². The van der Waals surface area contributed by atoms with Gasteiger partial charge in [-0.2, -0.15) is 15.5 Å². The molecule has 1 aromatic carbocycles. The number of likely N-dealkylation sites (tertiary alicyclic amines) is 1. The molecule has 11 heteroatoms. The molecule has 2 fully saturated rings. The highest BCUT2D eigenvalue weighted by Crippen LogP contribution is 2.36. The average Bonchev–Trinajstić information content (AvgIpc) is 3.61. The quantitative estimate of drug-likeness (QED) is 0.361. The van der Waals surface area contributed by atoms with Crippen LogP contribution in [0.25, 0.3) is 16.4 Å². The summed E-state index contributed by atoms with van der Waals surface area (Å²) in [6.07, 6.45) is 3.66. The van der Waals surface area contributed by atoms with Gasteiger partial charge in [0.15, 0.2) is 5.82 Å². The summed E-state index contributed by atoms with van der Waals surface area (Å²) < 4.78 is 23.7. The summed E-state index contributed by atoms with van der Waals surface area (Å²) in [6, 6.07) is 12.3. The molecule has 3 aromatic heterocycles. The van der Waals surface area contributed by atoms with E-state index in [0.29, 0.717) is 36.6 Å². The first-order valence-corrected chi connectivity index (χ1v) is 14.9. The zero-order valence-corrected chi connectivity index (χ0v) is 23.9. The number of morpholine rings is 1. The number of anilines is 1. The summed E-state index contributed by atoms with van der Waals surface area (Å²) in [4.78, 5) is 19.4. The number of amides is 1. The van der Waals surface area contributed by atoms with Crippen LogP contribution in [0.3, 0.4) is 0 Å². The third-order valence-corrected chi connectivity index (χ3v) is 9.18. The number of hydrogen-bond donors (Lipinski definition) is 0. The molecule has 4 aromatic rings. The van der Waals surface area contributed by atoms with Gasteiger partial charge in [-0.1, -0.05) is 12.1 Å². The van der Waals surface area contributed by atoms with Crippen molar-refractivity contribution < 1.29 is 13.9 Å². The van der Waals surface area contributed by atoms with Gasteiger partial charge in [0.25, 0.3) is 0 Å². The maximum atomic E-state index is 14.8. The second kappa shape index (κ2) is 11.0. The number of carbonyl (C=O) groups excluding carboxylic acids is 1. The van der Waals surface area contributed by atoms with Crippen molar-refractivity contribution in [1.82, 2.24) is 29.2 Å². The highest BCUT2D eigenvalue weighted by molar-refractivity contribution is 5.84. The first-order valence-electron chi connectivity index (χ1n) is 14.9. The number of hydrogen-bond acceptors (Lipinski definition) is 7. The number of halogens is 1. The number of nitriles is 1. The molecule has 10 nitrogen and oxygen atoms in total. The lowest BCUT2D eigenvalue weighted by Gasteiger charge is -2.34. The van der Waals surface area contributed by atoms with Crippen molar-refractivity contribution in [2.75, 3.05) is 57.4 Å². The third kappa shape index (κ3) is 4.78. The molecule has 218 valence electrons. The van der Waals surface area contributed by atoms with Crippen LogP contribution in [-0.2, 0) is 16.1 Å². The third-order valence-electron chi connectivity index (χ3n) is 9.18. The van der Waals surface area contributed by atoms with Crippen molar-refractivity contribution in [1.29, 1.82) is 5.26 Å². The van der Waals surface area contributed by atoms with Crippen LogP contribution in [0.15, 0.2) is 36.5 Å². The maximum absolute atomic E-state index is 14.8. The number of fused-ring (bicyclic) bond motifs is 4. The van der Waals surface area contributed by atoms with Crippen LogP contribution >= 0.6 is 0 Å². The van der Waals surface area contributed by atoms with Gasteiger partial charge >= 0.3 is 0 Å². The van der Waals surface area contributed by atoms with Crippen LogP contribution in [0, 0.1) is 17.1 Å². The molecule has 0 saturated carbocycles. The monoisotopic (exact) mass is 570 g/mol. The van der Waals surface area contributed by atoms with Crippen molar-refractivity contribution in [3.63, 3.8) is 0 Å². The molecule has 7 rings (SSSR count). The Hall–Kier alpha value is -4.01. The lowest BCUT2D eigenvalue weighted by Crippen LogP contribution is -2.41. The van der Waals surface area contributed by atoms with Gasteiger partial charge in [0.2, 0.25) is 5.91 Å². The van der Waals surface area contributed by atoms with Gasteiger partial charge in [-0.15, -0.1) is 0 Å². The summed E-state index contributed by atoms with van der Waals surface area (Å²) in [5.74, 6) is 0.223. The Bertz CT molecular complexity index is 1680. The molecule has 1 atom stereocenters. The zero-order chi connectivity index (χ0) is 28.8. The molecule has 0 radical (unpaired) electrons. The predicted octanol–water partition coefficient (Wildman–Crippen LogP) is 3.70. The fourth-order valence-electron chi connectivity index (χ4n) is 6.86. The van der Waals surface area contributed by atoms with E-state index in [2.05, 4.69) is 50.8 Å². The van der Waals surface area contributed by atoms with Crippen molar-refractivity contribution >= 4 is 28.0 Å². The van der Waals surface area contributed by atoms with Gasteiger partial charge in [-0.05, 0) is 49.4 Å². The summed E-state index contributed by atoms with van der Waals surface area (Å²) in [5.41, 5.74) is 4.69. The minimum atomic E-state index is -0.437. The minimum Gasteiger partial charge on any atom is -0.379 e. The Labute approximate surface area is 243 Å². The number of aromatic nitrogens is 4. The lowest BCUT2D eigenvalue weighted by atomic mass is 9.88. The van der Waals surface area contributed by atoms with E-state index in [0.717, 1.165) is 81.1 Å². The van der Waals surface area contributed by atoms with Crippen LogP contribution in [0.2, 0.25) is 0 Å². The molecule has 3 aliphatic rings. The molecule has 0 spiro atoms. The summed E-state index contributed by atoms with van der Waals surface area (Å²) in [6.45, 7) is 9.11. The lowest BCUT2D eigenvalue weighted by molar-refractivity contribution is -0.132. The average molecular weight is 571 g/mol. The van der Waals surface area contributed by atoms with E-state index in [9.17, 15) is 14.4 Å². The Kier molecular flexibility index (Phi) is 7.04. The summed E-state index contributed by atoms with van der Waals surface area (Å²) in [7, 11) is 0. The second-order valence-corrected chi connectivity index (χ2v) is 11.7. The van der Waals surface area contributed by atoms with Crippen molar-refractivity contribution in [2.24, 2.45) is 0 Å². The molecule has 0 unspecified atom stereocenters. The van der Waals surface area contributed by atoms with Gasteiger partial charge in [0.1, 0.15) is 17.3 Å². The molecule has 3 aliphatic heterocycles. The van der Waals surface area contributed by atoms with E-state index >= 15 is 0 Å². The Morgan fingerprint density at radius 1 is 1.14 bits per heavy atom. The topological polar surface area (TPSA) is 94.9 Å². The predicted molar refractivity (Wildman–Crippen MR) is 156 cm³/mol. The number of ether oxygens (including phenoxy) is 1. The molecular weight excluding hydrogens is 535 g/mol. The molecule has 0 bridgehead atoms. The number of carbonyl (C=O) groups is 1. The van der Waals surface area contributed by atoms with E-state index in [1.807, 2.05) is 11.0 Å². The standard InChI is InChI=1S/C31H35FN8O2/c1-21-19-38(28-5-3-24(17-33)40-31(28)26(32)18-34-40)20-29-25-4-2-23(16-27(25)35-39(21)29)22-6-10-37(11-7-22)30(41)8-9-36-12-14-42-15-13-36/h2-5,16,18,21-22H,6-15,19-20H2,1H3/t21-/m1/s1. The zero-order valence-electron chi connectivity index (χ0n) is 23.9. The van der Waals surface area contributed by atoms with E-state index in [1.165, 1.54) is 16.3 Å². The maximum Gasteiger partial charge on any atom is 0.223 e. The number of pyridine rings is 1. The van der Waals surface area contributed by atoms with Gasteiger partial charge in [-0.25, -0.2) is 8.91 Å². The molecule has 6 heterocycles. The van der Waals surface area contributed by atoms with E-state index < -0.39 is 5.82 Å². The van der Waals surface area contributed by atoms with E-state index in [-0.39, 0.29) is 11.9 Å². The van der Waals surface area contributed by atoms with Gasteiger partial charge < -0.3 is 14.5 Å². The Morgan fingerprint density at radius 2 is 1.95 bits per heavy atom. The largest absolute Gasteiger partial charge is 0.379 e. The van der Waals surface area contributed by atoms with E-state index in [1.54, 1.807) is 6.07 Å². The number of nitrogens with zero attached hydrogens (tertiary/aromatic N) is 8. The summed E-state index contributed by atoms with van der Waals surface area (Å²) >= 11 is 0. The van der Waals surface area contributed by atoms with E-state index in [4.69, 9.17) is 9.84 Å². The SMILES string of the molecule is C[C@@H]1CN(c2ccc(C#N)n3ncc(F)c23)Cc2c3ccc(C4CCN(C(=O)CCN5CCOCC5)CC4)cc3nn21. The first kappa shape index (κ1) is 26.9. The van der Waals surface area contributed by atoms with Gasteiger partial charge in [-0.3, -0.25) is 14.4 Å². The molecular formula is C31H35FN8O2. The van der Waals surface area contributed by atoms with Crippen LogP contribution in [0.5, 0.6) is 0 Å². The van der Waals surface area contributed by atoms with Gasteiger partial charge in [0.05, 0.1) is 48.9 Å². The van der Waals surface area contributed by atoms with Crippen molar-refractivity contribution in [3.8, 4) is 6.07 Å². The highest BCUT2D eigenvalue weighted by Gasteiger charge is 2.29. The second-order valence-electron chi connectivity index (χ2n) is 11.7. The molecule has 42 heavy (non-hydrogen) atoms. The highest BCUT2D eigenvalue weighted by atomic mass is 19.1. The van der Waals surface area contributed by atoms with Crippen LogP contribution in [0.4, 0.5) is 10.1 Å². The molecule has 0 N–H and O–H groups in total. The fourth-order valence-corrected chi connectivity index (χ4v) is 6.86. The molecule has 2 saturated heterocycles.